The van der Waals surface area contributed by atoms with Crippen molar-refractivity contribution in [3.8, 4) is 0 Å². The molecule has 0 bridgehead atoms. The molecule has 0 atom stereocenters. The zero-order chi connectivity index (χ0) is 16.4. The number of carbonyl (C=O) groups excluding carboxylic acids is 3. The monoisotopic (exact) mass is 308 g/mol. The van der Waals surface area contributed by atoms with Gasteiger partial charge in [-0.1, -0.05) is 24.3 Å². The molecular formula is C18H16N2O3. The van der Waals surface area contributed by atoms with Gasteiger partial charge in [0.1, 0.15) is 0 Å². The van der Waals surface area contributed by atoms with Gasteiger partial charge in [-0.2, -0.15) is 0 Å². The normalized spacial score (nSPS) is 13.2. The number of imide groups is 1. The topological polar surface area (TPSA) is 66.5 Å². The van der Waals surface area contributed by atoms with E-state index in [-0.39, 0.29) is 17.7 Å². The predicted octanol–water partition coefficient (Wildman–Crippen LogP) is 2.17. The molecule has 3 amide bonds. The number of fused-ring (bicyclic) bond motifs is 1. The Morgan fingerprint density at radius 3 is 2.04 bits per heavy atom. The largest absolute Gasteiger partial charge is 0.359 e. The summed E-state index contributed by atoms with van der Waals surface area (Å²) in [6.07, 6.45) is 1.02. The molecule has 0 fully saturated rings. The fourth-order valence-electron chi connectivity index (χ4n) is 2.62. The maximum atomic E-state index is 12.4. The van der Waals surface area contributed by atoms with Crippen molar-refractivity contribution in [1.82, 2.24) is 5.32 Å². The summed E-state index contributed by atoms with van der Waals surface area (Å²) in [6, 6.07) is 14.0. The molecular weight excluding hydrogens is 292 g/mol. The van der Waals surface area contributed by atoms with Crippen LogP contribution >= 0.6 is 0 Å². The van der Waals surface area contributed by atoms with E-state index in [9.17, 15) is 14.4 Å². The van der Waals surface area contributed by atoms with Crippen molar-refractivity contribution in [2.24, 2.45) is 0 Å². The van der Waals surface area contributed by atoms with E-state index in [0.29, 0.717) is 29.7 Å². The van der Waals surface area contributed by atoms with E-state index < -0.39 is 0 Å². The number of nitrogens with zero attached hydrogens (tertiary/aromatic N) is 1. The number of aryl methyl sites for hydroxylation is 1. The number of hydrogen-bond donors (Lipinski definition) is 1. The zero-order valence-corrected chi connectivity index (χ0v) is 12.7. The van der Waals surface area contributed by atoms with Gasteiger partial charge in [-0.25, -0.2) is 4.90 Å². The number of benzene rings is 2. The molecule has 1 aliphatic heterocycles. The fourth-order valence-corrected chi connectivity index (χ4v) is 2.62. The van der Waals surface area contributed by atoms with Crippen molar-refractivity contribution in [3.05, 3.63) is 65.2 Å². The SMILES string of the molecule is CNC(=O)CCc1ccc(N2C(=O)c3ccccc3C2=O)cc1. The quantitative estimate of drug-likeness (QED) is 0.880. The minimum Gasteiger partial charge on any atom is -0.359 e. The second-order valence-corrected chi connectivity index (χ2v) is 5.33. The molecule has 5 heteroatoms. The van der Waals surface area contributed by atoms with Crippen LogP contribution in [0.25, 0.3) is 0 Å². The van der Waals surface area contributed by atoms with Crippen molar-refractivity contribution in [3.63, 3.8) is 0 Å². The Labute approximate surface area is 133 Å². The van der Waals surface area contributed by atoms with Crippen LogP contribution in [-0.2, 0) is 11.2 Å². The van der Waals surface area contributed by atoms with E-state index in [0.717, 1.165) is 5.56 Å². The number of rotatable bonds is 4. The highest BCUT2D eigenvalue weighted by atomic mass is 16.2. The van der Waals surface area contributed by atoms with Crippen molar-refractivity contribution in [2.45, 2.75) is 12.8 Å². The molecule has 2 aromatic carbocycles. The minimum absolute atomic E-state index is 0.0191. The summed E-state index contributed by atoms with van der Waals surface area (Å²) < 4.78 is 0. The van der Waals surface area contributed by atoms with Gasteiger partial charge in [-0.05, 0) is 36.2 Å². The van der Waals surface area contributed by atoms with Gasteiger partial charge in [0.15, 0.2) is 0 Å². The third kappa shape index (κ3) is 2.73. The van der Waals surface area contributed by atoms with E-state index in [2.05, 4.69) is 5.32 Å². The summed E-state index contributed by atoms with van der Waals surface area (Å²) in [4.78, 5) is 37.2. The third-order valence-corrected chi connectivity index (χ3v) is 3.91. The van der Waals surface area contributed by atoms with Gasteiger partial charge in [0.2, 0.25) is 5.91 Å². The van der Waals surface area contributed by atoms with Crippen LogP contribution in [0.15, 0.2) is 48.5 Å². The van der Waals surface area contributed by atoms with Gasteiger partial charge >= 0.3 is 0 Å². The Kier molecular flexibility index (Phi) is 3.93. The van der Waals surface area contributed by atoms with E-state index in [1.165, 1.54) is 4.90 Å². The molecule has 0 unspecified atom stereocenters. The summed E-state index contributed by atoms with van der Waals surface area (Å²) in [5, 5.41) is 2.58. The molecule has 0 saturated carbocycles. The number of anilines is 1. The standard InChI is InChI=1S/C18H16N2O3/c1-19-16(21)11-8-12-6-9-13(10-7-12)20-17(22)14-4-2-3-5-15(14)18(20)23/h2-7,9-10H,8,11H2,1H3,(H,19,21). The first-order valence-electron chi connectivity index (χ1n) is 7.39. The summed E-state index contributed by atoms with van der Waals surface area (Å²) in [6.45, 7) is 0. The Bertz CT molecular complexity index is 746. The molecule has 5 nitrogen and oxygen atoms in total. The van der Waals surface area contributed by atoms with Crippen LogP contribution < -0.4 is 10.2 Å². The van der Waals surface area contributed by atoms with Crippen LogP contribution in [0.3, 0.4) is 0 Å². The van der Waals surface area contributed by atoms with Crippen LogP contribution in [0.5, 0.6) is 0 Å². The van der Waals surface area contributed by atoms with E-state index in [1.807, 2.05) is 12.1 Å². The Balaban J connectivity index is 1.80. The molecule has 0 aromatic heterocycles. The highest BCUT2D eigenvalue weighted by molar-refractivity contribution is 6.34. The fraction of sp³-hybridized carbons (Fsp3) is 0.167. The molecule has 0 radical (unpaired) electrons. The second-order valence-electron chi connectivity index (χ2n) is 5.33. The lowest BCUT2D eigenvalue weighted by molar-refractivity contribution is -0.120. The molecule has 0 spiro atoms. The van der Waals surface area contributed by atoms with Gasteiger partial charge < -0.3 is 5.32 Å². The van der Waals surface area contributed by atoms with Crippen molar-refractivity contribution in [2.75, 3.05) is 11.9 Å². The maximum absolute atomic E-state index is 12.4. The summed E-state index contributed by atoms with van der Waals surface area (Å²) in [5.74, 6) is -0.623. The summed E-state index contributed by atoms with van der Waals surface area (Å²) in [7, 11) is 1.60. The van der Waals surface area contributed by atoms with E-state index in [4.69, 9.17) is 0 Å². The van der Waals surface area contributed by atoms with Crippen LogP contribution in [0.4, 0.5) is 5.69 Å². The molecule has 2 aromatic rings. The summed E-state index contributed by atoms with van der Waals surface area (Å²) >= 11 is 0. The highest BCUT2D eigenvalue weighted by Crippen LogP contribution is 2.28. The first kappa shape index (κ1) is 15.0. The van der Waals surface area contributed by atoms with Crippen LogP contribution in [0, 0.1) is 0 Å². The third-order valence-electron chi connectivity index (χ3n) is 3.91. The maximum Gasteiger partial charge on any atom is 0.266 e. The van der Waals surface area contributed by atoms with Crippen molar-refractivity contribution < 1.29 is 14.4 Å². The molecule has 1 aliphatic rings. The number of amides is 3. The van der Waals surface area contributed by atoms with Crippen LogP contribution in [-0.4, -0.2) is 24.8 Å². The van der Waals surface area contributed by atoms with Crippen molar-refractivity contribution in [1.29, 1.82) is 0 Å². The molecule has 0 aliphatic carbocycles. The van der Waals surface area contributed by atoms with Gasteiger partial charge in [0.05, 0.1) is 16.8 Å². The Morgan fingerprint density at radius 1 is 0.957 bits per heavy atom. The summed E-state index contributed by atoms with van der Waals surface area (Å²) in [5.41, 5.74) is 2.39. The molecule has 1 heterocycles. The number of carbonyl (C=O) groups is 3. The molecule has 116 valence electrons. The van der Waals surface area contributed by atoms with Crippen LogP contribution in [0.2, 0.25) is 0 Å². The average molecular weight is 308 g/mol. The van der Waals surface area contributed by atoms with Crippen molar-refractivity contribution >= 4 is 23.4 Å². The smallest absolute Gasteiger partial charge is 0.266 e. The first-order chi connectivity index (χ1) is 11.1. The van der Waals surface area contributed by atoms with E-state index in [1.54, 1.807) is 43.4 Å². The first-order valence-corrected chi connectivity index (χ1v) is 7.39. The predicted molar refractivity (Wildman–Crippen MR) is 86.4 cm³/mol. The molecule has 23 heavy (non-hydrogen) atoms. The highest BCUT2D eigenvalue weighted by Gasteiger charge is 2.36. The van der Waals surface area contributed by atoms with Gasteiger partial charge in [0, 0.05) is 13.5 Å². The second kappa shape index (κ2) is 6.04. The molecule has 3 rings (SSSR count). The lowest BCUT2D eigenvalue weighted by Crippen LogP contribution is -2.29. The Morgan fingerprint density at radius 2 is 1.52 bits per heavy atom. The molecule has 1 N–H and O–H groups in total. The van der Waals surface area contributed by atoms with Gasteiger partial charge in [-0.3, -0.25) is 14.4 Å². The minimum atomic E-state index is -0.302. The number of hydrogen-bond acceptors (Lipinski definition) is 3. The lowest BCUT2D eigenvalue weighted by atomic mass is 10.1. The lowest BCUT2D eigenvalue weighted by Gasteiger charge is -2.14. The van der Waals surface area contributed by atoms with Gasteiger partial charge in [0.25, 0.3) is 11.8 Å². The van der Waals surface area contributed by atoms with E-state index >= 15 is 0 Å². The zero-order valence-electron chi connectivity index (χ0n) is 12.7. The average Bonchev–Trinajstić information content (AvgIpc) is 2.85. The number of nitrogens with one attached hydrogen (secondary N) is 1. The van der Waals surface area contributed by atoms with Gasteiger partial charge in [-0.15, -0.1) is 0 Å². The van der Waals surface area contributed by atoms with Crippen LogP contribution in [0.1, 0.15) is 32.7 Å². The molecule has 0 saturated heterocycles. The Hall–Kier alpha value is -2.95.